The number of primary amides is 2. The molecule has 0 aromatic carbocycles. The van der Waals surface area contributed by atoms with Crippen molar-refractivity contribution >= 4 is 53.2 Å². The number of aliphatic imine (C=N–C) groups is 1. The first kappa shape index (κ1) is 33.4. The van der Waals surface area contributed by atoms with Gasteiger partial charge in [-0.05, 0) is 37.7 Å². The van der Waals surface area contributed by atoms with Crippen LogP contribution >= 0.6 is 11.8 Å². The third-order valence-corrected chi connectivity index (χ3v) is 5.52. The highest BCUT2D eigenvalue weighted by Crippen LogP contribution is 2.06. The summed E-state index contributed by atoms with van der Waals surface area (Å²) in [6, 6.07) is -5.12. The van der Waals surface area contributed by atoms with Crippen LogP contribution in [0.15, 0.2) is 4.99 Å². The van der Waals surface area contributed by atoms with E-state index in [1.165, 1.54) is 11.8 Å². The molecule has 17 heteroatoms. The highest BCUT2D eigenvalue weighted by atomic mass is 32.2. The summed E-state index contributed by atoms with van der Waals surface area (Å²) >= 11 is 1.36. The summed E-state index contributed by atoms with van der Waals surface area (Å²) in [5.41, 5.74) is 26.5. The third-order valence-electron chi connectivity index (χ3n) is 4.88. The first-order chi connectivity index (χ1) is 17.3. The summed E-state index contributed by atoms with van der Waals surface area (Å²) in [7, 11) is 0. The summed E-state index contributed by atoms with van der Waals surface area (Å²) in [6.07, 6.45) is 1.30. The van der Waals surface area contributed by atoms with Crippen LogP contribution in [0.2, 0.25) is 0 Å². The van der Waals surface area contributed by atoms with E-state index in [1.54, 1.807) is 6.26 Å². The Balaban J connectivity index is 5.40. The number of aliphatic carboxylic acids is 1. The minimum absolute atomic E-state index is 0.0996. The second kappa shape index (κ2) is 17.8. The van der Waals surface area contributed by atoms with E-state index in [0.717, 1.165) is 0 Å². The first-order valence-electron chi connectivity index (χ1n) is 11.3. The van der Waals surface area contributed by atoms with Crippen molar-refractivity contribution in [3.63, 3.8) is 0 Å². The van der Waals surface area contributed by atoms with E-state index >= 15 is 0 Å². The minimum Gasteiger partial charge on any atom is -0.480 e. The molecule has 0 saturated heterocycles. The van der Waals surface area contributed by atoms with Crippen molar-refractivity contribution in [3.8, 4) is 0 Å². The summed E-state index contributed by atoms with van der Waals surface area (Å²) in [5.74, 6) is -5.21. The molecule has 4 atom stereocenters. The van der Waals surface area contributed by atoms with Gasteiger partial charge in [0.15, 0.2) is 5.96 Å². The Kier molecular flexibility index (Phi) is 16.0. The number of rotatable bonds is 19. The molecule has 0 bridgehead atoms. The Labute approximate surface area is 218 Å². The number of hydrogen-bond acceptors (Lipinski definition) is 9. The summed E-state index contributed by atoms with van der Waals surface area (Å²) in [4.78, 5) is 75.9. The van der Waals surface area contributed by atoms with Crippen LogP contribution in [0.3, 0.4) is 0 Å². The fourth-order valence-corrected chi connectivity index (χ4v) is 3.40. The van der Waals surface area contributed by atoms with Crippen LogP contribution in [-0.4, -0.2) is 89.3 Å². The van der Waals surface area contributed by atoms with Crippen LogP contribution in [0.4, 0.5) is 0 Å². The van der Waals surface area contributed by atoms with Crippen molar-refractivity contribution in [2.24, 2.45) is 33.7 Å². The molecule has 0 spiro atoms. The summed E-state index contributed by atoms with van der Waals surface area (Å²) < 4.78 is 0. The minimum atomic E-state index is -1.44. The zero-order chi connectivity index (χ0) is 28.5. The van der Waals surface area contributed by atoms with Gasteiger partial charge in [0.25, 0.3) is 0 Å². The normalized spacial score (nSPS) is 13.8. The number of carbonyl (C=O) groups excluding carboxylic acids is 5. The molecule has 14 N–H and O–H groups in total. The molecule has 4 unspecified atom stereocenters. The van der Waals surface area contributed by atoms with E-state index in [4.69, 9.17) is 28.7 Å². The van der Waals surface area contributed by atoms with Crippen molar-refractivity contribution in [1.29, 1.82) is 0 Å². The Bertz CT molecular complexity index is 852. The van der Waals surface area contributed by atoms with Gasteiger partial charge in [0, 0.05) is 13.0 Å². The SMILES string of the molecule is CSCCC(NC(=O)C(CC(N)=O)NC(=O)C(N)CCCN=C(N)N)C(=O)NC(CCC(N)=O)C(=O)O. The lowest BCUT2D eigenvalue weighted by molar-refractivity contribution is -0.142. The van der Waals surface area contributed by atoms with Crippen molar-refractivity contribution in [2.45, 2.75) is 62.7 Å². The molecule has 0 saturated carbocycles. The van der Waals surface area contributed by atoms with Crippen LogP contribution in [0.1, 0.15) is 38.5 Å². The zero-order valence-electron chi connectivity index (χ0n) is 20.6. The molecule has 0 aliphatic rings. The van der Waals surface area contributed by atoms with Crippen LogP contribution in [0.25, 0.3) is 0 Å². The summed E-state index contributed by atoms with van der Waals surface area (Å²) in [5, 5.41) is 16.4. The van der Waals surface area contributed by atoms with Gasteiger partial charge in [-0.25, -0.2) is 4.79 Å². The molecule has 37 heavy (non-hydrogen) atoms. The molecule has 210 valence electrons. The van der Waals surface area contributed by atoms with Crippen LogP contribution < -0.4 is 44.6 Å². The fraction of sp³-hybridized carbons (Fsp3) is 0.650. The van der Waals surface area contributed by atoms with Crippen molar-refractivity contribution in [1.82, 2.24) is 16.0 Å². The molecular formula is C20H37N9O7S. The van der Waals surface area contributed by atoms with Crippen molar-refractivity contribution < 1.29 is 33.9 Å². The molecule has 0 aliphatic carbocycles. The fourth-order valence-electron chi connectivity index (χ4n) is 2.93. The van der Waals surface area contributed by atoms with Gasteiger partial charge in [0.05, 0.1) is 12.5 Å². The van der Waals surface area contributed by atoms with Gasteiger partial charge in [-0.2, -0.15) is 11.8 Å². The molecular weight excluding hydrogens is 510 g/mol. The quantitative estimate of drug-likeness (QED) is 0.0424. The number of guanidine groups is 1. The second-order valence-corrected chi connectivity index (χ2v) is 9.02. The number of carboxylic acids is 1. The molecule has 0 heterocycles. The maximum atomic E-state index is 12.9. The van der Waals surface area contributed by atoms with Crippen LogP contribution in [0, 0.1) is 0 Å². The van der Waals surface area contributed by atoms with E-state index in [-0.39, 0.29) is 38.2 Å². The molecule has 16 nitrogen and oxygen atoms in total. The number of thioether (sulfide) groups is 1. The smallest absolute Gasteiger partial charge is 0.326 e. The van der Waals surface area contributed by atoms with Gasteiger partial charge in [-0.15, -0.1) is 0 Å². The standard InChI is InChI=1S/C20H37N9O7S/c1-37-8-6-11(17(33)28-12(19(35)36)4-5-14(22)30)27-18(34)13(9-15(23)31)29-16(32)10(21)3-2-7-26-20(24)25/h10-13H,2-9,21H2,1H3,(H2,22,30)(H2,23,31)(H,27,34)(H,28,33)(H,29,32)(H,35,36)(H4,24,25,26). The first-order valence-corrected chi connectivity index (χ1v) is 12.7. The third kappa shape index (κ3) is 15.2. The van der Waals surface area contributed by atoms with E-state index in [2.05, 4.69) is 20.9 Å². The number of nitrogens with one attached hydrogen (secondary N) is 3. The second-order valence-electron chi connectivity index (χ2n) is 8.03. The summed E-state index contributed by atoms with van der Waals surface area (Å²) in [6.45, 7) is 0.234. The maximum absolute atomic E-state index is 12.9. The average molecular weight is 548 g/mol. The Hall–Kier alpha value is -3.60. The van der Waals surface area contributed by atoms with E-state index in [0.29, 0.717) is 12.2 Å². The average Bonchev–Trinajstić information content (AvgIpc) is 2.80. The Morgan fingerprint density at radius 2 is 1.38 bits per heavy atom. The number of nitrogens with two attached hydrogens (primary N) is 5. The topological polar surface area (TPSA) is 301 Å². The van der Waals surface area contributed by atoms with Gasteiger partial charge in [-0.3, -0.25) is 29.0 Å². The lowest BCUT2D eigenvalue weighted by atomic mass is 10.1. The molecule has 5 amide bonds. The molecule has 0 radical (unpaired) electrons. The van der Waals surface area contributed by atoms with Crippen molar-refractivity contribution in [2.75, 3.05) is 18.6 Å². The molecule has 0 aromatic rings. The number of nitrogens with zero attached hydrogens (tertiary/aromatic N) is 1. The van der Waals surface area contributed by atoms with Crippen molar-refractivity contribution in [3.05, 3.63) is 0 Å². The number of carboxylic acid groups (broad SMARTS) is 1. The lowest BCUT2D eigenvalue weighted by Crippen LogP contribution is -2.57. The number of carbonyl (C=O) groups is 6. The monoisotopic (exact) mass is 547 g/mol. The largest absolute Gasteiger partial charge is 0.480 e. The van der Waals surface area contributed by atoms with E-state index in [9.17, 15) is 33.9 Å². The van der Waals surface area contributed by atoms with E-state index < -0.39 is 66.1 Å². The highest BCUT2D eigenvalue weighted by molar-refractivity contribution is 7.98. The molecule has 0 aromatic heterocycles. The van der Waals surface area contributed by atoms with Gasteiger partial charge < -0.3 is 49.7 Å². The van der Waals surface area contributed by atoms with Gasteiger partial charge in [0.1, 0.15) is 18.1 Å². The van der Waals surface area contributed by atoms with Crippen LogP contribution in [-0.2, 0) is 28.8 Å². The predicted molar refractivity (Wildman–Crippen MR) is 137 cm³/mol. The lowest BCUT2D eigenvalue weighted by Gasteiger charge is -2.24. The zero-order valence-corrected chi connectivity index (χ0v) is 21.4. The molecule has 0 fully saturated rings. The Morgan fingerprint density at radius 1 is 0.811 bits per heavy atom. The Morgan fingerprint density at radius 3 is 1.89 bits per heavy atom. The van der Waals surface area contributed by atoms with Gasteiger partial charge >= 0.3 is 5.97 Å². The predicted octanol–water partition coefficient (Wildman–Crippen LogP) is -4.20. The molecule has 0 aliphatic heterocycles. The van der Waals surface area contributed by atoms with Gasteiger partial charge in [0.2, 0.25) is 29.5 Å². The maximum Gasteiger partial charge on any atom is 0.326 e. The highest BCUT2D eigenvalue weighted by Gasteiger charge is 2.31. The molecule has 0 rings (SSSR count). The number of amides is 5. The van der Waals surface area contributed by atoms with E-state index in [1.807, 2.05) is 0 Å². The van der Waals surface area contributed by atoms with Crippen LogP contribution in [0.5, 0.6) is 0 Å². The number of hydrogen-bond donors (Lipinski definition) is 9. The van der Waals surface area contributed by atoms with Gasteiger partial charge in [-0.1, -0.05) is 0 Å².